The molecule has 0 unspecified atom stereocenters. The Hall–Kier alpha value is -6.74. The maximum Gasteiger partial charge on any atom is 0.250 e. The van der Waals surface area contributed by atoms with Gasteiger partial charge in [-0.1, -0.05) is 18.2 Å². The summed E-state index contributed by atoms with van der Waals surface area (Å²) in [5, 5.41) is 13.2. The zero-order chi connectivity index (χ0) is 34.6. The second kappa shape index (κ2) is 12.0. The maximum atomic E-state index is 6.40. The smallest absolute Gasteiger partial charge is 0.250 e. The second-order valence-electron chi connectivity index (χ2n) is 12.2. The minimum Gasteiger partial charge on any atom is -0.497 e. The Bertz CT molecular complexity index is 2640. The Morgan fingerprint density at radius 3 is 1.37 bits per heavy atom. The van der Waals surface area contributed by atoms with Gasteiger partial charge < -0.3 is 32.5 Å². The van der Waals surface area contributed by atoms with Crippen LogP contribution in [0.15, 0.2) is 126 Å². The summed E-state index contributed by atoms with van der Waals surface area (Å²) in [5.74, 6) is 3.94. The molecule has 6 aromatic carbocycles. The monoisotopic (exact) mass is 672 g/mol. The van der Waals surface area contributed by atoms with Gasteiger partial charge in [0.1, 0.15) is 23.0 Å². The molecule has 0 amide bonds. The van der Waals surface area contributed by atoms with E-state index in [4.69, 9.17) is 23.4 Å². The number of ether oxygens (including phenoxy) is 4. The summed E-state index contributed by atoms with van der Waals surface area (Å²) >= 11 is 0. The van der Waals surface area contributed by atoms with Gasteiger partial charge in [-0.15, -0.1) is 10.2 Å². The summed E-state index contributed by atoms with van der Waals surface area (Å²) in [5.41, 5.74) is 7.46. The molecule has 9 nitrogen and oxygen atoms in total. The SMILES string of the molecule is COc1ccc2c(c1)c1cc(OC)ccc1n2-c1ccc(-c2nnc(-c3ccccc3)o2)c(-n2c3ccc(OC)cc3c3cc(OC)ccc32)c1. The van der Waals surface area contributed by atoms with Crippen molar-refractivity contribution in [1.29, 1.82) is 0 Å². The van der Waals surface area contributed by atoms with Crippen molar-refractivity contribution in [3.8, 4) is 57.3 Å². The number of nitrogens with zero attached hydrogens (tertiary/aromatic N) is 4. The zero-order valence-corrected chi connectivity index (χ0v) is 28.4. The van der Waals surface area contributed by atoms with Crippen molar-refractivity contribution < 1.29 is 23.4 Å². The molecule has 0 atom stereocenters. The molecule has 51 heavy (non-hydrogen) atoms. The lowest BCUT2D eigenvalue weighted by atomic mass is 10.1. The van der Waals surface area contributed by atoms with E-state index in [-0.39, 0.29) is 0 Å². The fourth-order valence-corrected chi connectivity index (χ4v) is 7.06. The van der Waals surface area contributed by atoms with E-state index in [1.165, 1.54) is 0 Å². The molecule has 3 aromatic heterocycles. The highest BCUT2D eigenvalue weighted by atomic mass is 16.5. The lowest BCUT2D eigenvalue weighted by molar-refractivity contribution is 0.415. The molecule has 0 N–H and O–H groups in total. The molecule has 9 rings (SSSR count). The number of aromatic nitrogens is 4. The fourth-order valence-electron chi connectivity index (χ4n) is 7.06. The minimum absolute atomic E-state index is 0.407. The number of benzene rings is 6. The van der Waals surface area contributed by atoms with Crippen molar-refractivity contribution in [3.63, 3.8) is 0 Å². The summed E-state index contributed by atoms with van der Waals surface area (Å²) in [7, 11) is 6.73. The summed E-state index contributed by atoms with van der Waals surface area (Å²) in [6.45, 7) is 0. The van der Waals surface area contributed by atoms with E-state index in [1.807, 2.05) is 54.6 Å². The first kappa shape index (κ1) is 30.3. The zero-order valence-electron chi connectivity index (χ0n) is 28.4. The van der Waals surface area contributed by atoms with Crippen LogP contribution in [0.25, 0.3) is 77.9 Å². The Morgan fingerprint density at radius 1 is 0.451 bits per heavy atom. The summed E-state index contributed by atoms with van der Waals surface area (Å²) in [6.07, 6.45) is 0. The standard InChI is InChI=1S/C42H32N4O5/c1-47-27-11-16-36-32(21-27)33-22-28(48-2)12-17-37(33)45(36)26-10-15-31(42-44-43-41(51-42)25-8-6-5-7-9-25)40(20-26)46-38-18-13-29(49-3)23-34(38)35-24-30(50-4)14-19-39(35)46/h5-24H,1-4H3. The summed E-state index contributed by atoms with van der Waals surface area (Å²) in [6, 6.07) is 40.7. The molecule has 250 valence electrons. The molecule has 0 aliphatic rings. The van der Waals surface area contributed by atoms with Gasteiger partial charge in [-0.3, -0.25) is 0 Å². The Balaban J connectivity index is 1.36. The highest BCUT2D eigenvalue weighted by Crippen LogP contribution is 2.42. The molecule has 0 spiro atoms. The first-order valence-electron chi connectivity index (χ1n) is 16.4. The van der Waals surface area contributed by atoms with E-state index in [9.17, 15) is 0 Å². The van der Waals surface area contributed by atoms with Crippen molar-refractivity contribution in [1.82, 2.24) is 19.3 Å². The van der Waals surface area contributed by atoms with Gasteiger partial charge in [-0.25, -0.2) is 0 Å². The Labute approximate surface area is 292 Å². The highest BCUT2D eigenvalue weighted by molar-refractivity contribution is 6.12. The van der Waals surface area contributed by atoms with Gasteiger partial charge in [0.2, 0.25) is 11.8 Å². The van der Waals surface area contributed by atoms with Crippen molar-refractivity contribution in [2.75, 3.05) is 28.4 Å². The van der Waals surface area contributed by atoms with E-state index in [0.29, 0.717) is 11.8 Å². The van der Waals surface area contributed by atoms with Crippen LogP contribution in [0.5, 0.6) is 23.0 Å². The molecular weight excluding hydrogens is 640 g/mol. The van der Waals surface area contributed by atoms with Crippen LogP contribution in [0.1, 0.15) is 0 Å². The molecule has 0 aliphatic heterocycles. The van der Waals surface area contributed by atoms with Crippen LogP contribution < -0.4 is 18.9 Å². The molecule has 9 aromatic rings. The normalized spacial score (nSPS) is 11.5. The average Bonchev–Trinajstić information content (AvgIpc) is 3.90. The summed E-state index contributed by atoms with van der Waals surface area (Å²) in [4.78, 5) is 0. The van der Waals surface area contributed by atoms with Gasteiger partial charge in [0, 0.05) is 32.8 Å². The van der Waals surface area contributed by atoms with Crippen LogP contribution >= 0.6 is 0 Å². The number of fused-ring (bicyclic) bond motifs is 6. The van der Waals surface area contributed by atoms with Crippen molar-refractivity contribution in [2.24, 2.45) is 0 Å². The molecule has 0 radical (unpaired) electrons. The third kappa shape index (κ3) is 4.85. The quantitative estimate of drug-likeness (QED) is 0.159. The van der Waals surface area contributed by atoms with Crippen molar-refractivity contribution >= 4 is 43.6 Å². The largest absolute Gasteiger partial charge is 0.497 e. The predicted octanol–water partition coefficient (Wildman–Crippen LogP) is 9.63. The van der Waals surface area contributed by atoms with Gasteiger partial charge in [0.05, 0.1) is 61.8 Å². The van der Waals surface area contributed by atoms with Gasteiger partial charge >= 0.3 is 0 Å². The Morgan fingerprint density at radius 2 is 0.902 bits per heavy atom. The molecule has 3 heterocycles. The first-order valence-corrected chi connectivity index (χ1v) is 16.4. The van der Waals surface area contributed by atoms with Crippen molar-refractivity contribution in [3.05, 3.63) is 121 Å². The van der Waals surface area contributed by atoms with Crippen LogP contribution in [-0.4, -0.2) is 47.8 Å². The van der Waals surface area contributed by atoms with Crippen LogP contribution in [0.4, 0.5) is 0 Å². The minimum atomic E-state index is 0.407. The second-order valence-corrected chi connectivity index (χ2v) is 12.2. The summed E-state index contributed by atoms with van der Waals surface area (Å²) < 4.78 is 33.5. The fraction of sp³-hybridized carbons (Fsp3) is 0.0952. The van der Waals surface area contributed by atoms with Crippen LogP contribution in [0, 0.1) is 0 Å². The first-order chi connectivity index (χ1) is 25.1. The van der Waals surface area contributed by atoms with Gasteiger partial charge in [-0.2, -0.15) is 0 Å². The molecule has 0 saturated carbocycles. The molecule has 0 bridgehead atoms. The highest BCUT2D eigenvalue weighted by Gasteiger charge is 2.23. The van der Waals surface area contributed by atoms with E-state index in [0.717, 1.165) is 89.1 Å². The number of rotatable bonds is 8. The van der Waals surface area contributed by atoms with Crippen LogP contribution in [0.3, 0.4) is 0 Å². The van der Waals surface area contributed by atoms with E-state index in [1.54, 1.807) is 28.4 Å². The number of hydrogen-bond donors (Lipinski definition) is 0. The lowest BCUT2D eigenvalue weighted by Gasteiger charge is -2.16. The van der Waals surface area contributed by atoms with E-state index >= 15 is 0 Å². The van der Waals surface area contributed by atoms with E-state index < -0.39 is 0 Å². The molecule has 0 aliphatic carbocycles. The third-order valence-corrected chi connectivity index (χ3v) is 9.52. The van der Waals surface area contributed by atoms with Gasteiger partial charge in [0.25, 0.3) is 0 Å². The van der Waals surface area contributed by atoms with E-state index in [2.05, 4.69) is 86.1 Å². The third-order valence-electron chi connectivity index (χ3n) is 9.52. The number of hydrogen-bond acceptors (Lipinski definition) is 7. The van der Waals surface area contributed by atoms with Crippen LogP contribution in [0.2, 0.25) is 0 Å². The van der Waals surface area contributed by atoms with Crippen LogP contribution in [-0.2, 0) is 0 Å². The number of methoxy groups -OCH3 is 4. The van der Waals surface area contributed by atoms with Gasteiger partial charge in [0.15, 0.2) is 0 Å². The lowest BCUT2D eigenvalue weighted by Crippen LogP contribution is -2.01. The van der Waals surface area contributed by atoms with Gasteiger partial charge in [-0.05, 0) is 103 Å². The predicted molar refractivity (Wildman–Crippen MR) is 200 cm³/mol. The van der Waals surface area contributed by atoms with Crippen molar-refractivity contribution in [2.45, 2.75) is 0 Å². The molecular formula is C42H32N4O5. The Kier molecular flexibility index (Phi) is 7.13. The maximum absolute atomic E-state index is 6.40. The topological polar surface area (TPSA) is 85.7 Å². The molecule has 9 heteroatoms. The molecule has 0 fully saturated rings. The molecule has 0 saturated heterocycles. The average molecular weight is 673 g/mol.